The van der Waals surface area contributed by atoms with E-state index < -0.39 is 0 Å². The van der Waals surface area contributed by atoms with E-state index in [0.717, 1.165) is 4.64 Å². The number of aromatic nitrogens is 1. The topological polar surface area (TPSA) is 4.93 Å². The zero-order valence-electron chi connectivity index (χ0n) is 4.97. The molecule has 1 aromatic rings. The van der Waals surface area contributed by atoms with Gasteiger partial charge in [0.05, 0.1) is 5.02 Å². The summed E-state index contributed by atoms with van der Waals surface area (Å²) in [4.78, 5) is 0. The lowest BCUT2D eigenvalue weighted by atomic mass is 10.5. The van der Waals surface area contributed by atoms with Gasteiger partial charge in [0.15, 0.2) is 0 Å². The molecule has 3 heteroatoms. The molecule has 0 bridgehead atoms. The highest BCUT2D eigenvalue weighted by Crippen LogP contribution is 2.05. The smallest absolute Gasteiger partial charge is 0.105 e. The van der Waals surface area contributed by atoms with Crippen molar-refractivity contribution in [2.45, 2.75) is 0 Å². The summed E-state index contributed by atoms with van der Waals surface area (Å²) < 4.78 is 2.59. The van der Waals surface area contributed by atoms with E-state index in [1.807, 2.05) is 7.05 Å². The molecular weight excluding hydrogens is 154 g/mol. The third-order valence-corrected chi connectivity index (χ3v) is 1.70. The molecule has 0 saturated carbocycles. The van der Waals surface area contributed by atoms with Gasteiger partial charge in [-0.25, -0.2) is 0 Å². The molecule has 1 rings (SSSR count). The van der Waals surface area contributed by atoms with E-state index in [1.54, 1.807) is 22.9 Å². The lowest BCUT2D eigenvalue weighted by Gasteiger charge is -1.95. The Balaban J connectivity index is 3.34. The van der Waals surface area contributed by atoms with Crippen LogP contribution in [0, 0.1) is 4.64 Å². The monoisotopic (exact) mass is 159 g/mol. The molecule has 0 spiro atoms. The van der Waals surface area contributed by atoms with Crippen molar-refractivity contribution in [2.24, 2.45) is 7.05 Å². The van der Waals surface area contributed by atoms with E-state index in [2.05, 4.69) is 0 Å². The number of hydrogen-bond acceptors (Lipinski definition) is 1. The quantitative estimate of drug-likeness (QED) is 0.527. The summed E-state index contributed by atoms with van der Waals surface area (Å²) in [6.45, 7) is 0. The highest BCUT2D eigenvalue weighted by atomic mass is 35.5. The second-order valence-electron chi connectivity index (χ2n) is 1.80. The van der Waals surface area contributed by atoms with Gasteiger partial charge >= 0.3 is 0 Å². The lowest BCUT2D eigenvalue weighted by Crippen LogP contribution is -1.88. The summed E-state index contributed by atoms with van der Waals surface area (Å²) >= 11 is 10.6. The van der Waals surface area contributed by atoms with E-state index in [-0.39, 0.29) is 0 Å². The molecule has 0 N–H and O–H groups in total. The third-order valence-electron chi connectivity index (χ3n) is 1.05. The first-order valence-corrected chi connectivity index (χ1v) is 3.31. The van der Waals surface area contributed by atoms with Gasteiger partial charge in [0.25, 0.3) is 0 Å². The first-order chi connectivity index (χ1) is 4.20. The molecule has 1 nitrogen and oxygen atoms in total. The van der Waals surface area contributed by atoms with E-state index in [0.29, 0.717) is 5.02 Å². The molecule has 0 aliphatic rings. The van der Waals surface area contributed by atoms with Crippen LogP contribution in [0.2, 0.25) is 5.02 Å². The molecule has 1 aromatic heterocycles. The number of halogens is 1. The molecular formula is C6H6ClNS. The van der Waals surface area contributed by atoms with Crippen molar-refractivity contribution in [1.82, 2.24) is 4.57 Å². The van der Waals surface area contributed by atoms with Gasteiger partial charge in [0, 0.05) is 13.2 Å². The SMILES string of the molecule is Cn1cc(Cl)ccc1=S. The minimum Gasteiger partial charge on any atom is -0.341 e. The van der Waals surface area contributed by atoms with Crippen molar-refractivity contribution >= 4 is 23.8 Å². The normalized spacial score (nSPS) is 9.56. The lowest BCUT2D eigenvalue weighted by molar-refractivity contribution is 0.888. The van der Waals surface area contributed by atoms with Crippen LogP contribution < -0.4 is 0 Å². The molecule has 48 valence electrons. The predicted molar refractivity (Wildman–Crippen MR) is 41.3 cm³/mol. The Kier molecular flexibility index (Phi) is 1.88. The molecule has 0 saturated heterocycles. The Morgan fingerprint density at radius 1 is 1.56 bits per heavy atom. The highest BCUT2D eigenvalue weighted by molar-refractivity contribution is 7.71. The van der Waals surface area contributed by atoms with E-state index in [1.165, 1.54) is 0 Å². The number of rotatable bonds is 0. The van der Waals surface area contributed by atoms with Gasteiger partial charge in [0.1, 0.15) is 4.64 Å². The van der Waals surface area contributed by atoms with Crippen molar-refractivity contribution in [3.63, 3.8) is 0 Å². The number of hydrogen-bond donors (Lipinski definition) is 0. The summed E-state index contributed by atoms with van der Waals surface area (Å²) in [6, 6.07) is 3.58. The van der Waals surface area contributed by atoms with Gasteiger partial charge in [-0.3, -0.25) is 0 Å². The van der Waals surface area contributed by atoms with Gasteiger partial charge < -0.3 is 4.57 Å². The van der Waals surface area contributed by atoms with Crippen LogP contribution in [0.3, 0.4) is 0 Å². The molecule has 0 aliphatic carbocycles. The fourth-order valence-corrected chi connectivity index (χ4v) is 0.890. The van der Waals surface area contributed by atoms with Crippen LogP contribution in [0.4, 0.5) is 0 Å². The fraction of sp³-hybridized carbons (Fsp3) is 0.167. The molecule has 0 aromatic carbocycles. The van der Waals surface area contributed by atoms with E-state index in [9.17, 15) is 0 Å². The van der Waals surface area contributed by atoms with Gasteiger partial charge in [-0.2, -0.15) is 0 Å². The van der Waals surface area contributed by atoms with E-state index >= 15 is 0 Å². The second-order valence-corrected chi connectivity index (χ2v) is 2.65. The Bertz CT molecular complexity index is 266. The molecule has 1 heterocycles. The zero-order chi connectivity index (χ0) is 6.85. The largest absolute Gasteiger partial charge is 0.341 e. The maximum absolute atomic E-state index is 5.65. The summed E-state index contributed by atoms with van der Waals surface area (Å²) in [5.41, 5.74) is 0. The molecule has 0 amide bonds. The van der Waals surface area contributed by atoms with Crippen LogP contribution in [0.1, 0.15) is 0 Å². The maximum atomic E-state index is 5.65. The Labute approximate surface area is 63.9 Å². The van der Waals surface area contributed by atoms with Gasteiger partial charge in [-0.1, -0.05) is 23.8 Å². The summed E-state index contributed by atoms with van der Waals surface area (Å²) in [5, 5.41) is 0.714. The van der Waals surface area contributed by atoms with Crippen molar-refractivity contribution in [1.29, 1.82) is 0 Å². The van der Waals surface area contributed by atoms with Crippen LogP contribution in [-0.4, -0.2) is 4.57 Å². The van der Waals surface area contributed by atoms with Crippen LogP contribution >= 0.6 is 23.8 Å². The minimum atomic E-state index is 0.714. The molecule has 9 heavy (non-hydrogen) atoms. The number of nitrogens with zero attached hydrogens (tertiary/aromatic N) is 1. The molecule has 0 unspecified atom stereocenters. The third kappa shape index (κ3) is 1.53. The molecule has 0 atom stereocenters. The Morgan fingerprint density at radius 2 is 2.22 bits per heavy atom. The standard InChI is InChI=1S/C6H6ClNS/c1-8-4-5(7)2-3-6(8)9/h2-4H,1H3. The highest BCUT2D eigenvalue weighted by Gasteiger charge is 1.85. The van der Waals surface area contributed by atoms with Crippen molar-refractivity contribution < 1.29 is 0 Å². The number of pyridine rings is 1. The Hall–Kier alpha value is -0.340. The van der Waals surface area contributed by atoms with E-state index in [4.69, 9.17) is 23.8 Å². The van der Waals surface area contributed by atoms with Crippen LogP contribution in [0.5, 0.6) is 0 Å². The van der Waals surface area contributed by atoms with Crippen LogP contribution in [0.25, 0.3) is 0 Å². The van der Waals surface area contributed by atoms with Crippen molar-refractivity contribution in [3.8, 4) is 0 Å². The first-order valence-electron chi connectivity index (χ1n) is 2.52. The average Bonchev–Trinajstić information content (AvgIpc) is 1.80. The van der Waals surface area contributed by atoms with Crippen LogP contribution in [-0.2, 0) is 7.05 Å². The van der Waals surface area contributed by atoms with Gasteiger partial charge in [-0.05, 0) is 12.1 Å². The number of aryl methyl sites for hydroxylation is 1. The maximum Gasteiger partial charge on any atom is 0.105 e. The molecule has 0 radical (unpaired) electrons. The molecule has 0 fully saturated rings. The van der Waals surface area contributed by atoms with Crippen molar-refractivity contribution in [3.05, 3.63) is 28.0 Å². The van der Waals surface area contributed by atoms with Gasteiger partial charge in [0.2, 0.25) is 0 Å². The summed E-state index contributed by atoms with van der Waals surface area (Å²) in [7, 11) is 1.87. The average molecular weight is 160 g/mol. The van der Waals surface area contributed by atoms with Crippen LogP contribution in [0.15, 0.2) is 18.3 Å². The predicted octanol–water partition coefficient (Wildman–Crippen LogP) is 2.41. The summed E-state index contributed by atoms with van der Waals surface area (Å²) in [5.74, 6) is 0. The first kappa shape index (κ1) is 6.78. The minimum absolute atomic E-state index is 0.714. The zero-order valence-corrected chi connectivity index (χ0v) is 6.54. The Morgan fingerprint density at radius 3 is 2.67 bits per heavy atom. The fourth-order valence-electron chi connectivity index (χ4n) is 0.560. The summed E-state index contributed by atoms with van der Waals surface area (Å²) in [6.07, 6.45) is 1.78. The van der Waals surface area contributed by atoms with Crippen molar-refractivity contribution in [2.75, 3.05) is 0 Å². The van der Waals surface area contributed by atoms with Gasteiger partial charge in [-0.15, -0.1) is 0 Å². The second kappa shape index (κ2) is 2.50. The molecule has 0 aliphatic heterocycles.